The molecule has 0 atom stereocenters. The molecule has 2 aromatic rings. The summed E-state index contributed by atoms with van der Waals surface area (Å²) in [5.41, 5.74) is 7.83. The van der Waals surface area contributed by atoms with E-state index >= 15 is 0 Å². The molecule has 0 bridgehead atoms. The third-order valence-corrected chi connectivity index (χ3v) is 4.10. The molecule has 0 spiro atoms. The summed E-state index contributed by atoms with van der Waals surface area (Å²) in [6.07, 6.45) is 0. The average Bonchev–Trinajstić information content (AvgIpc) is 2.37. The Balaban J connectivity index is 2.20. The zero-order valence-corrected chi connectivity index (χ0v) is 12.9. The summed E-state index contributed by atoms with van der Waals surface area (Å²) in [5, 5.41) is 0. The van der Waals surface area contributed by atoms with E-state index in [2.05, 4.69) is 45.0 Å². The second-order valence-corrected chi connectivity index (χ2v) is 7.02. The number of benzene rings is 2. The molecule has 20 heavy (non-hydrogen) atoms. The first-order chi connectivity index (χ1) is 9.38. The highest BCUT2D eigenvalue weighted by Crippen LogP contribution is 2.31. The first kappa shape index (κ1) is 15.1. The molecule has 0 aromatic heterocycles. The van der Waals surface area contributed by atoms with E-state index in [1.807, 2.05) is 6.07 Å². The van der Waals surface area contributed by atoms with Crippen molar-refractivity contribution in [3.8, 4) is 0 Å². The van der Waals surface area contributed by atoms with Crippen molar-refractivity contribution in [3.63, 3.8) is 0 Å². The molecule has 2 rings (SSSR count). The van der Waals surface area contributed by atoms with Crippen LogP contribution in [0.2, 0.25) is 0 Å². The molecule has 0 aliphatic heterocycles. The molecule has 0 aliphatic carbocycles. The Hall–Kier alpha value is -1.32. The zero-order chi connectivity index (χ0) is 14.8. The molecule has 0 aliphatic rings. The van der Waals surface area contributed by atoms with Crippen molar-refractivity contribution in [2.24, 2.45) is 5.73 Å². The van der Waals surface area contributed by atoms with Crippen LogP contribution in [0.1, 0.15) is 31.9 Å². The SMILES string of the molecule is CC(C)(C)c1ccc(Sc2cc(F)cc(CN)c2)cc1. The standard InChI is InChI=1S/C17H20FNS/c1-17(2,3)13-4-6-15(7-5-13)20-16-9-12(11-19)8-14(18)10-16/h4-10H,11,19H2,1-3H3. The number of hydrogen-bond donors (Lipinski definition) is 1. The maximum Gasteiger partial charge on any atom is 0.124 e. The number of rotatable bonds is 3. The molecule has 106 valence electrons. The largest absolute Gasteiger partial charge is 0.326 e. The van der Waals surface area contributed by atoms with E-state index in [1.54, 1.807) is 17.8 Å². The van der Waals surface area contributed by atoms with Gasteiger partial charge < -0.3 is 5.73 Å². The van der Waals surface area contributed by atoms with Crippen LogP contribution in [0.3, 0.4) is 0 Å². The molecule has 2 N–H and O–H groups in total. The molecule has 0 unspecified atom stereocenters. The summed E-state index contributed by atoms with van der Waals surface area (Å²) < 4.78 is 13.5. The number of nitrogens with two attached hydrogens (primary N) is 1. The van der Waals surface area contributed by atoms with Crippen LogP contribution in [-0.4, -0.2) is 0 Å². The van der Waals surface area contributed by atoms with Crippen molar-refractivity contribution >= 4 is 11.8 Å². The molecule has 1 nitrogen and oxygen atoms in total. The van der Waals surface area contributed by atoms with Crippen LogP contribution in [-0.2, 0) is 12.0 Å². The lowest BCUT2D eigenvalue weighted by atomic mass is 9.87. The topological polar surface area (TPSA) is 26.0 Å². The monoisotopic (exact) mass is 289 g/mol. The third-order valence-electron chi connectivity index (χ3n) is 3.12. The maximum atomic E-state index is 13.5. The minimum atomic E-state index is -0.234. The summed E-state index contributed by atoms with van der Waals surface area (Å²) >= 11 is 1.56. The van der Waals surface area contributed by atoms with E-state index in [4.69, 9.17) is 5.73 Å². The van der Waals surface area contributed by atoms with Crippen molar-refractivity contribution in [1.82, 2.24) is 0 Å². The molecule has 2 aromatic carbocycles. The van der Waals surface area contributed by atoms with Gasteiger partial charge in [-0.1, -0.05) is 44.7 Å². The fourth-order valence-corrected chi connectivity index (χ4v) is 2.88. The van der Waals surface area contributed by atoms with E-state index in [0.29, 0.717) is 6.54 Å². The van der Waals surface area contributed by atoms with Crippen LogP contribution in [0.25, 0.3) is 0 Å². The lowest BCUT2D eigenvalue weighted by molar-refractivity contribution is 0.590. The van der Waals surface area contributed by atoms with Gasteiger partial charge in [0.2, 0.25) is 0 Å². The second kappa shape index (κ2) is 5.98. The quantitative estimate of drug-likeness (QED) is 0.883. The van der Waals surface area contributed by atoms with Gasteiger partial charge in [-0.15, -0.1) is 0 Å². The van der Waals surface area contributed by atoms with Crippen molar-refractivity contribution in [3.05, 3.63) is 59.4 Å². The molecule has 0 saturated heterocycles. The predicted octanol–water partition coefficient (Wildman–Crippen LogP) is 4.73. The van der Waals surface area contributed by atoms with Crippen LogP contribution in [0, 0.1) is 5.82 Å². The van der Waals surface area contributed by atoms with E-state index in [-0.39, 0.29) is 11.2 Å². The van der Waals surface area contributed by atoms with Gasteiger partial charge in [0.25, 0.3) is 0 Å². The Morgan fingerprint density at radius 2 is 1.65 bits per heavy atom. The summed E-state index contributed by atoms with van der Waals surface area (Å²) in [5.74, 6) is -0.234. The summed E-state index contributed by atoms with van der Waals surface area (Å²) in [6.45, 7) is 6.92. The smallest absolute Gasteiger partial charge is 0.124 e. The van der Waals surface area contributed by atoms with Crippen molar-refractivity contribution in [1.29, 1.82) is 0 Å². The fraction of sp³-hybridized carbons (Fsp3) is 0.294. The Bertz CT molecular complexity index is 585. The minimum Gasteiger partial charge on any atom is -0.326 e. The summed E-state index contributed by atoms with van der Waals surface area (Å²) in [4.78, 5) is 1.99. The van der Waals surface area contributed by atoms with E-state index in [1.165, 1.54) is 11.6 Å². The predicted molar refractivity (Wildman–Crippen MR) is 83.6 cm³/mol. The Labute approximate surface area is 124 Å². The van der Waals surface area contributed by atoms with Gasteiger partial charge in [0.15, 0.2) is 0 Å². The van der Waals surface area contributed by atoms with Crippen LogP contribution in [0.4, 0.5) is 4.39 Å². The van der Waals surface area contributed by atoms with Gasteiger partial charge >= 0.3 is 0 Å². The molecule has 0 saturated carbocycles. The molecular weight excluding hydrogens is 269 g/mol. The van der Waals surface area contributed by atoms with E-state index < -0.39 is 0 Å². The van der Waals surface area contributed by atoms with Gasteiger partial charge in [0.1, 0.15) is 5.82 Å². The average molecular weight is 289 g/mol. The number of hydrogen-bond acceptors (Lipinski definition) is 2. The van der Waals surface area contributed by atoms with Gasteiger partial charge in [-0.05, 0) is 46.9 Å². The van der Waals surface area contributed by atoms with Gasteiger partial charge in [-0.25, -0.2) is 4.39 Å². The van der Waals surface area contributed by atoms with Crippen molar-refractivity contribution < 1.29 is 4.39 Å². The third kappa shape index (κ3) is 3.84. The number of halogens is 1. The Morgan fingerprint density at radius 1 is 1.00 bits per heavy atom. The van der Waals surface area contributed by atoms with Crippen molar-refractivity contribution in [2.45, 2.75) is 42.5 Å². The van der Waals surface area contributed by atoms with Crippen LogP contribution in [0.5, 0.6) is 0 Å². The first-order valence-corrected chi connectivity index (χ1v) is 7.48. The second-order valence-electron chi connectivity index (χ2n) is 5.88. The Kier molecular flexibility index (Phi) is 4.51. The fourth-order valence-electron chi connectivity index (χ4n) is 1.96. The normalized spacial score (nSPS) is 11.7. The van der Waals surface area contributed by atoms with Crippen LogP contribution < -0.4 is 5.73 Å². The highest BCUT2D eigenvalue weighted by Gasteiger charge is 2.13. The lowest BCUT2D eigenvalue weighted by Gasteiger charge is -2.19. The van der Waals surface area contributed by atoms with Crippen LogP contribution in [0.15, 0.2) is 52.3 Å². The molecular formula is C17H20FNS. The Morgan fingerprint density at radius 3 is 2.20 bits per heavy atom. The molecule has 0 radical (unpaired) electrons. The lowest BCUT2D eigenvalue weighted by Crippen LogP contribution is -2.10. The highest BCUT2D eigenvalue weighted by atomic mass is 32.2. The minimum absolute atomic E-state index is 0.148. The highest BCUT2D eigenvalue weighted by molar-refractivity contribution is 7.99. The van der Waals surface area contributed by atoms with E-state index in [9.17, 15) is 4.39 Å². The van der Waals surface area contributed by atoms with Gasteiger partial charge in [-0.3, -0.25) is 0 Å². The van der Waals surface area contributed by atoms with Gasteiger partial charge in [0.05, 0.1) is 0 Å². The van der Waals surface area contributed by atoms with Gasteiger partial charge in [0, 0.05) is 16.3 Å². The van der Waals surface area contributed by atoms with Crippen LogP contribution >= 0.6 is 11.8 Å². The van der Waals surface area contributed by atoms with Gasteiger partial charge in [-0.2, -0.15) is 0 Å². The molecule has 0 amide bonds. The zero-order valence-electron chi connectivity index (χ0n) is 12.1. The van der Waals surface area contributed by atoms with Crippen molar-refractivity contribution in [2.75, 3.05) is 0 Å². The molecule has 3 heteroatoms. The van der Waals surface area contributed by atoms with E-state index in [0.717, 1.165) is 15.4 Å². The molecule has 0 fully saturated rings. The summed E-state index contributed by atoms with van der Waals surface area (Å²) in [6, 6.07) is 13.4. The molecule has 0 heterocycles. The maximum absolute atomic E-state index is 13.5. The first-order valence-electron chi connectivity index (χ1n) is 6.66. The summed E-state index contributed by atoms with van der Waals surface area (Å²) in [7, 11) is 0.